The van der Waals surface area contributed by atoms with Crippen molar-refractivity contribution in [1.82, 2.24) is 5.32 Å². The lowest BCUT2D eigenvalue weighted by Gasteiger charge is -2.20. The predicted molar refractivity (Wildman–Crippen MR) is 129 cm³/mol. The van der Waals surface area contributed by atoms with Gasteiger partial charge >= 0.3 is 0 Å². The average Bonchev–Trinajstić information content (AvgIpc) is 3.10. The van der Waals surface area contributed by atoms with Crippen LogP contribution >= 0.6 is 0 Å². The Kier molecular flexibility index (Phi) is 6.84. The number of fused-ring (bicyclic) bond motifs is 3. The molecule has 1 N–H and O–H groups in total. The first kappa shape index (κ1) is 22.7. The van der Waals surface area contributed by atoms with Gasteiger partial charge in [0.1, 0.15) is 0 Å². The summed E-state index contributed by atoms with van der Waals surface area (Å²) >= 11 is 0. The normalized spacial score (nSPS) is 14.5. The molecule has 6 heteroatoms. The van der Waals surface area contributed by atoms with Crippen LogP contribution in [0.25, 0.3) is 11.1 Å². The smallest absolute Gasteiger partial charge is 0.220 e. The Morgan fingerprint density at radius 3 is 2.24 bits per heavy atom. The van der Waals surface area contributed by atoms with Crippen molar-refractivity contribution in [3.63, 3.8) is 0 Å². The van der Waals surface area contributed by atoms with Crippen molar-refractivity contribution in [3.05, 3.63) is 81.5 Å². The van der Waals surface area contributed by atoms with Gasteiger partial charge in [0.25, 0.3) is 0 Å². The number of benzene rings is 2. The SMILES string of the molecule is COc1cc2c(c(OC)c1OC)-c1ccc(OC)c(=O)cc1[C@@H](NCc1ccccc1)CC2. The maximum absolute atomic E-state index is 12.9. The Morgan fingerprint density at radius 1 is 0.848 bits per heavy atom. The topological polar surface area (TPSA) is 66.0 Å². The molecule has 0 saturated heterocycles. The van der Waals surface area contributed by atoms with E-state index in [1.807, 2.05) is 30.3 Å². The molecule has 1 aliphatic rings. The highest BCUT2D eigenvalue weighted by molar-refractivity contribution is 5.82. The van der Waals surface area contributed by atoms with Gasteiger partial charge in [-0.15, -0.1) is 0 Å². The summed E-state index contributed by atoms with van der Waals surface area (Å²) in [7, 11) is 6.34. The molecule has 0 aliphatic heterocycles. The molecule has 0 saturated carbocycles. The van der Waals surface area contributed by atoms with Gasteiger partial charge in [-0.3, -0.25) is 4.79 Å². The van der Waals surface area contributed by atoms with Gasteiger partial charge in [-0.1, -0.05) is 36.4 Å². The summed E-state index contributed by atoms with van der Waals surface area (Å²) in [4.78, 5) is 12.9. The van der Waals surface area contributed by atoms with Crippen LogP contribution in [0.15, 0.2) is 59.4 Å². The van der Waals surface area contributed by atoms with E-state index >= 15 is 0 Å². The summed E-state index contributed by atoms with van der Waals surface area (Å²) in [5.74, 6) is 2.04. The summed E-state index contributed by atoms with van der Waals surface area (Å²) in [6.45, 7) is 0.689. The van der Waals surface area contributed by atoms with Crippen molar-refractivity contribution >= 4 is 0 Å². The number of hydrogen-bond donors (Lipinski definition) is 1. The molecule has 3 aromatic rings. The highest BCUT2D eigenvalue weighted by Gasteiger charge is 2.29. The molecule has 0 aromatic heterocycles. The highest BCUT2D eigenvalue weighted by Crippen LogP contribution is 2.50. The summed E-state index contributed by atoms with van der Waals surface area (Å²) in [6.07, 6.45) is 1.58. The van der Waals surface area contributed by atoms with E-state index in [1.54, 1.807) is 33.5 Å². The average molecular weight is 448 g/mol. The molecule has 4 rings (SSSR count). The summed E-state index contributed by atoms with van der Waals surface area (Å²) in [5, 5.41) is 3.66. The monoisotopic (exact) mass is 447 g/mol. The van der Waals surface area contributed by atoms with Crippen LogP contribution in [0.2, 0.25) is 0 Å². The van der Waals surface area contributed by atoms with Gasteiger partial charge in [0, 0.05) is 18.2 Å². The van der Waals surface area contributed by atoms with Gasteiger partial charge in [-0.25, -0.2) is 0 Å². The molecule has 0 heterocycles. The fourth-order valence-electron chi connectivity index (χ4n) is 4.52. The minimum atomic E-state index is -0.159. The molecule has 0 fully saturated rings. The quantitative estimate of drug-likeness (QED) is 0.574. The molecule has 0 spiro atoms. The molecular weight excluding hydrogens is 418 g/mol. The van der Waals surface area contributed by atoms with Gasteiger partial charge in [0.05, 0.1) is 28.4 Å². The lowest BCUT2D eigenvalue weighted by molar-refractivity contribution is 0.324. The van der Waals surface area contributed by atoms with E-state index in [-0.39, 0.29) is 11.5 Å². The lowest BCUT2D eigenvalue weighted by Crippen LogP contribution is -2.22. The Balaban J connectivity index is 1.92. The van der Waals surface area contributed by atoms with Crippen molar-refractivity contribution in [3.8, 4) is 34.1 Å². The van der Waals surface area contributed by atoms with E-state index in [2.05, 4.69) is 17.4 Å². The Labute approximate surface area is 194 Å². The molecule has 6 nitrogen and oxygen atoms in total. The third kappa shape index (κ3) is 4.39. The molecule has 0 amide bonds. The molecule has 0 bridgehead atoms. The lowest BCUT2D eigenvalue weighted by atomic mass is 9.95. The highest BCUT2D eigenvalue weighted by atomic mass is 16.5. The van der Waals surface area contributed by atoms with E-state index in [0.29, 0.717) is 29.5 Å². The number of rotatable bonds is 7. The van der Waals surface area contributed by atoms with Crippen LogP contribution in [0.5, 0.6) is 23.0 Å². The second-order valence-corrected chi connectivity index (χ2v) is 7.92. The Hall–Kier alpha value is -3.51. The molecule has 3 aromatic carbocycles. The zero-order valence-corrected chi connectivity index (χ0v) is 19.4. The van der Waals surface area contributed by atoms with E-state index in [4.69, 9.17) is 18.9 Å². The fraction of sp³-hybridized carbons (Fsp3) is 0.296. The predicted octanol–water partition coefficient (Wildman–Crippen LogP) is 4.53. The van der Waals surface area contributed by atoms with Crippen LogP contribution in [-0.4, -0.2) is 28.4 Å². The van der Waals surface area contributed by atoms with Gasteiger partial charge < -0.3 is 24.3 Å². The second kappa shape index (κ2) is 9.96. The minimum absolute atomic E-state index is 0.0425. The van der Waals surface area contributed by atoms with Crippen molar-refractivity contribution in [1.29, 1.82) is 0 Å². The number of aryl methyl sites for hydroxylation is 1. The fourth-order valence-corrected chi connectivity index (χ4v) is 4.52. The molecule has 172 valence electrons. The maximum Gasteiger partial charge on any atom is 0.220 e. The zero-order chi connectivity index (χ0) is 23.4. The third-order valence-corrected chi connectivity index (χ3v) is 6.12. The number of methoxy groups -OCH3 is 4. The van der Waals surface area contributed by atoms with Crippen LogP contribution in [0.4, 0.5) is 0 Å². The van der Waals surface area contributed by atoms with Crippen LogP contribution < -0.4 is 29.7 Å². The molecule has 33 heavy (non-hydrogen) atoms. The van der Waals surface area contributed by atoms with Gasteiger partial charge in [0.15, 0.2) is 17.2 Å². The van der Waals surface area contributed by atoms with E-state index < -0.39 is 0 Å². The van der Waals surface area contributed by atoms with Gasteiger partial charge in [0.2, 0.25) is 11.2 Å². The standard InChI is InChI=1S/C27H29NO5/c1-30-23-13-11-19-20(15-22(23)29)21(28-16-17-8-6-5-7-9-17)12-10-18-14-24(31-2)26(32-3)27(33-4)25(18)19/h5-9,11,13-15,21,28H,10,12,16H2,1-4H3/t21-/m0/s1. The molecular formula is C27H29NO5. The van der Waals surface area contributed by atoms with Crippen molar-refractivity contribution < 1.29 is 18.9 Å². The van der Waals surface area contributed by atoms with E-state index in [0.717, 1.165) is 35.1 Å². The van der Waals surface area contributed by atoms with Gasteiger partial charge in [-0.2, -0.15) is 0 Å². The molecule has 1 aliphatic carbocycles. The van der Waals surface area contributed by atoms with Crippen LogP contribution in [0.3, 0.4) is 0 Å². The molecule has 1 atom stereocenters. The van der Waals surface area contributed by atoms with E-state index in [1.165, 1.54) is 12.7 Å². The van der Waals surface area contributed by atoms with Crippen molar-refractivity contribution in [2.75, 3.05) is 28.4 Å². The largest absolute Gasteiger partial charge is 0.493 e. The maximum atomic E-state index is 12.9. The molecule has 0 radical (unpaired) electrons. The third-order valence-electron chi connectivity index (χ3n) is 6.12. The number of nitrogens with one attached hydrogen (secondary N) is 1. The first-order chi connectivity index (χ1) is 16.1. The first-order valence-electron chi connectivity index (χ1n) is 10.9. The zero-order valence-electron chi connectivity index (χ0n) is 19.4. The van der Waals surface area contributed by atoms with Crippen molar-refractivity contribution in [2.45, 2.75) is 25.4 Å². The van der Waals surface area contributed by atoms with Crippen LogP contribution in [0.1, 0.15) is 29.2 Å². The summed E-state index contributed by atoms with van der Waals surface area (Å²) in [5.41, 5.74) is 4.82. The van der Waals surface area contributed by atoms with Crippen LogP contribution in [-0.2, 0) is 13.0 Å². The Bertz CT molecular complexity index is 1190. The second-order valence-electron chi connectivity index (χ2n) is 7.92. The Morgan fingerprint density at radius 2 is 1.58 bits per heavy atom. The van der Waals surface area contributed by atoms with Gasteiger partial charge in [-0.05, 0) is 53.3 Å². The first-order valence-corrected chi connectivity index (χ1v) is 10.9. The van der Waals surface area contributed by atoms with Crippen molar-refractivity contribution in [2.24, 2.45) is 0 Å². The van der Waals surface area contributed by atoms with E-state index in [9.17, 15) is 4.79 Å². The number of ether oxygens (including phenoxy) is 4. The van der Waals surface area contributed by atoms with Crippen LogP contribution in [0, 0.1) is 0 Å². The minimum Gasteiger partial charge on any atom is -0.493 e. The summed E-state index contributed by atoms with van der Waals surface area (Å²) in [6, 6.07) is 17.5. The number of hydrogen-bond acceptors (Lipinski definition) is 6. The summed E-state index contributed by atoms with van der Waals surface area (Å²) < 4.78 is 22.4. The molecule has 0 unspecified atom stereocenters.